The molecule has 1 aromatic rings. The van der Waals surface area contributed by atoms with E-state index in [0.717, 1.165) is 31.1 Å². The molecule has 0 amide bonds. The molecule has 0 radical (unpaired) electrons. The number of halogens is 1. The predicted octanol–water partition coefficient (Wildman–Crippen LogP) is 3.21. The van der Waals surface area contributed by atoms with Crippen LogP contribution < -0.4 is 5.32 Å². The van der Waals surface area contributed by atoms with Crippen LogP contribution in [0.25, 0.3) is 0 Å². The quantitative estimate of drug-likeness (QED) is 0.756. The zero-order valence-corrected chi connectivity index (χ0v) is 11.7. The monoisotopic (exact) mass is 255 g/mol. The summed E-state index contributed by atoms with van der Waals surface area (Å²) in [6, 6.07) is 6.53. The van der Waals surface area contributed by atoms with Gasteiger partial charge in [-0.15, -0.1) is 0 Å². The van der Waals surface area contributed by atoms with Gasteiger partial charge in [0.2, 0.25) is 0 Å². The molecule has 0 spiro atoms. The Hall–Kier alpha value is -0.570. The Kier molecular flexibility index (Phi) is 6.56. The Morgan fingerprint density at radius 1 is 1.41 bits per heavy atom. The minimum atomic E-state index is 0.321. The number of hydrogen-bond donors (Lipinski definition) is 1. The van der Waals surface area contributed by atoms with Crippen molar-refractivity contribution in [2.75, 3.05) is 20.3 Å². The second-order valence-electron chi connectivity index (χ2n) is 4.36. The molecule has 0 aromatic heterocycles. The van der Waals surface area contributed by atoms with E-state index in [-0.39, 0.29) is 0 Å². The van der Waals surface area contributed by atoms with E-state index >= 15 is 0 Å². The highest BCUT2D eigenvalue weighted by molar-refractivity contribution is 6.31. The summed E-state index contributed by atoms with van der Waals surface area (Å²) in [6.07, 6.45) is 1.96. The molecular formula is C14H22ClNO. The van der Waals surface area contributed by atoms with Crippen molar-refractivity contribution in [3.05, 3.63) is 34.3 Å². The molecule has 0 aliphatic rings. The van der Waals surface area contributed by atoms with Crippen LogP contribution in [0.1, 0.15) is 24.5 Å². The summed E-state index contributed by atoms with van der Waals surface area (Å²) in [7, 11) is 1.96. The van der Waals surface area contributed by atoms with Crippen LogP contribution in [0.4, 0.5) is 0 Å². The first-order valence-corrected chi connectivity index (χ1v) is 6.55. The van der Waals surface area contributed by atoms with Crippen molar-refractivity contribution in [2.45, 2.75) is 32.7 Å². The first kappa shape index (κ1) is 14.5. The number of rotatable bonds is 7. The smallest absolute Gasteiger partial charge is 0.0622 e. The van der Waals surface area contributed by atoms with Crippen molar-refractivity contribution in [1.29, 1.82) is 0 Å². The fraction of sp³-hybridized carbons (Fsp3) is 0.571. The van der Waals surface area contributed by atoms with Crippen LogP contribution in [0.15, 0.2) is 18.2 Å². The minimum Gasteiger partial charge on any atom is -0.380 e. The van der Waals surface area contributed by atoms with Crippen LogP contribution in [0.3, 0.4) is 0 Å². The molecule has 0 fully saturated rings. The first-order chi connectivity index (χ1) is 8.17. The van der Waals surface area contributed by atoms with E-state index in [1.165, 1.54) is 11.1 Å². The summed E-state index contributed by atoms with van der Waals surface area (Å²) in [4.78, 5) is 0. The zero-order chi connectivity index (χ0) is 12.7. The average molecular weight is 256 g/mol. The van der Waals surface area contributed by atoms with E-state index in [1.54, 1.807) is 0 Å². The molecule has 0 saturated carbocycles. The molecule has 0 aliphatic carbocycles. The molecule has 96 valence electrons. The third kappa shape index (κ3) is 5.07. The minimum absolute atomic E-state index is 0.321. The highest BCUT2D eigenvalue weighted by Gasteiger charge is 2.09. The number of likely N-dealkylation sites (N-methyl/N-ethyl adjacent to an activating group) is 1. The summed E-state index contributed by atoms with van der Waals surface area (Å²) >= 11 is 6.22. The van der Waals surface area contributed by atoms with Gasteiger partial charge in [-0.3, -0.25) is 0 Å². The third-order valence-electron chi connectivity index (χ3n) is 2.75. The molecule has 1 unspecified atom stereocenters. The fourth-order valence-electron chi connectivity index (χ4n) is 1.70. The molecule has 1 N–H and O–H groups in total. The highest BCUT2D eigenvalue weighted by atomic mass is 35.5. The highest BCUT2D eigenvalue weighted by Crippen LogP contribution is 2.19. The zero-order valence-electron chi connectivity index (χ0n) is 10.9. The number of benzene rings is 1. The van der Waals surface area contributed by atoms with E-state index < -0.39 is 0 Å². The maximum absolute atomic E-state index is 6.22. The molecule has 0 heterocycles. The second-order valence-corrected chi connectivity index (χ2v) is 4.77. The van der Waals surface area contributed by atoms with Gasteiger partial charge in [-0.05, 0) is 44.0 Å². The number of ether oxygens (including phenoxy) is 1. The molecule has 2 nitrogen and oxygen atoms in total. The van der Waals surface area contributed by atoms with Crippen molar-refractivity contribution in [3.63, 3.8) is 0 Å². The molecular weight excluding hydrogens is 234 g/mol. The van der Waals surface area contributed by atoms with Gasteiger partial charge in [-0.25, -0.2) is 0 Å². The largest absolute Gasteiger partial charge is 0.380 e. The molecule has 1 atom stereocenters. The van der Waals surface area contributed by atoms with E-state index in [0.29, 0.717) is 6.04 Å². The predicted molar refractivity (Wildman–Crippen MR) is 73.9 cm³/mol. The molecule has 0 bridgehead atoms. The lowest BCUT2D eigenvalue weighted by Crippen LogP contribution is -2.32. The van der Waals surface area contributed by atoms with E-state index in [4.69, 9.17) is 16.3 Å². The molecule has 0 saturated heterocycles. The third-order valence-corrected chi connectivity index (χ3v) is 3.10. The van der Waals surface area contributed by atoms with Gasteiger partial charge in [-0.1, -0.05) is 30.7 Å². The Bertz CT molecular complexity index is 341. The van der Waals surface area contributed by atoms with E-state index in [1.807, 2.05) is 13.1 Å². The Morgan fingerprint density at radius 2 is 2.18 bits per heavy atom. The maximum Gasteiger partial charge on any atom is 0.0622 e. The van der Waals surface area contributed by atoms with Gasteiger partial charge in [0.05, 0.1) is 6.61 Å². The Balaban J connectivity index is 2.54. The maximum atomic E-state index is 6.22. The van der Waals surface area contributed by atoms with Crippen LogP contribution in [0, 0.1) is 6.92 Å². The van der Waals surface area contributed by atoms with E-state index in [9.17, 15) is 0 Å². The van der Waals surface area contributed by atoms with Gasteiger partial charge in [0.15, 0.2) is 0 Å². The summed E-state index contributed by atoms with van der Waals surface area (Å²) in [5, 5.41) is 4.12. The first-order valence-electron chi connectivity index (χ1n) is 6.17. The van der Waals surface area contributed by atoms with Gasteiger partial charge >= 0.3 is 0 Å². The lowest BCUT2D eigenvalue weighted by molar-refractivity contribution is 0.114. The molecule has 1 aromatic carbocycles. The normalized spacial score (nSPS) is 12.7. The van der Waals surface area contributed by atoms with Crippen LogP contribution >= 0.6 is 11.6 Å². The Morgan fingerprint density at radius 3 is 2.76 bits per heavy atom. The van der Waals surface area contributed by atoms with Gasteiger partial charge in [0.1, 0.15) is 0 Å². The number of aryl methyl sites for hydroxylation is 1. The summed E-state index contributed by atoms with van der Waals surface area (Å²) < 4.78 is 5.57. The molecule has 0 aliphatic heterocycles. The van der Waals surface area contributed by atoms with Crippen molar-refractivity contribution >= 4 is 11.6 Å². The second kappa shape index (κ2) is 7.70. The van der Waals surface area contributed by atoms with E-state index in [2.05, 4.69) is 31.3 Å². The van der Waals surface area contributed by atoms with Crippen LogP contribution in [-0.4, -0.2) is 26.3 Å². The standard InChI is InChI=1S/C14H22ClNO/c1-4-7-17-10-13(16-3)9-12-6-5-11(2)8-14(12)15/h5-6,8,13,16H,4,7,9-10H2,1-3H3. The molecule has 3 heteroatoms. The number of nitrogens with one attached hydrogen (secondary N) is 1. The summed E-state index contributed by atoms with van der Waals surface area (Å²) in [5.74, 6) is 0. The SMILES string of the molecule is CCCOCC(Cc1ccc(C)cc1Cl)NC. The molecule has 1 rings (SSSR count). The lowest BCUT2D eigenvalue weighted by atomic mass is 10.0. The van der Waals surface area contributed by atoms with Gasteiger partial charge in [0.25, 0.3) is 0 Å². The van der Waals surface area contributed by atoms with Gasteiger partial charge in [-0.2, -0.15) is 0 Å². The van der Waals surface area contributed by atoms with Crippen molar-refractivity contribution in [1.82, 2.24) is 5.32 Å². The topological polar surface area (TPSA) is 21.3 Å². The lowest BCUT2D eigenvalue weighted by Gasteiger charge is -2.17. The van der Waals surface area contributed by atoms with Crippen LogP contribution in [-0.2, 0) is 11.2 Å². The molecule has 17 heavy (non-hydrogen) atoms. The number of hydrogen-bond acceptors (Lipinski definition) is 2. The Labute approximate surface area is 109 Å². The van der Waals surface area contributed by atoms with Gasteiger partial charge < -0.3 is 10.1 Å². The fourth-order valence-corrected chi connectivity index (χ4v) is 2.01. The van der Waals surface area contributed by atoms with Crippen LogP contribution in [0.2, 0.25) is 5.02 Å². The van der Waals surface area contributed by atoms with Crippen LogP contribution in [0.5, 0.6) is 0 Å². The summed E-state index contributed by atoms with van der Waals surface area (Å²) in [6.45, 7) is 5.72. The van der Waals surface area contributed by atoms with Crippen molar-refractivity contribution < 1.29 is 4.74 Å². The van der Waals surface area contributed by atoms with Crippen molar-refractivity contribution in [3.8, 4) is 0 Å². The van der Waals surface area contributed by atoms with Gasteiger partial charge in [0, 0.05) is 17.7 Å². The summed E-state index contributed by atoms with van der Waals surface area (Å²) in [5.41, 5.74) is 2.37. The average Bonchev–Trinajstić information content (AvgIpc) is 2.31. The van der Waals surface area contributed by atoms with Crippen molar-refractivity contribution in [2.24, 2.45) is 0 Å².